The highest BCUT2D eigenvalue weighted by Gasteiger charge is 2.15. The Morgan fingerprint density at radius 1 is 1.12 bits per heavy atom. The van der Waals surface area contributed by atoms with Crippen molar-refractivity contribution in [2.24, 2.45) is 0 Å². The molecule has 1 aromatic carbocycles. The van der Waals surface area contributed by atoms with Crippen LogP contribution in [0.3, 0.4) is 0 Å². The second-order valence-electron chi connectivity index (χ2n) is 5.43. The van der Waals surface area contributed by atoms with Crippen molar-refractivity contribution in [3.8, 4) is 11.1 Å². The maximum Gasteiger partial charge on any atom is 0.266 e. The van der Waals surface area contributed by atoms with E-state index in [1.54, 1.807) is 16.8 Å². The van der Waals surface area contributed by atoms with E-state index in [1.165, 1.54) is 17.4 Å². The summed E-state index contributed by atoms with van der Waals surface area (Å²) in [7, 11) is 0. The molecule has 0 aliphatic rings. The highest BCUT2D eigenvalue weighted by molar-refractivity contribution is 7.12. The number of pyridine rings is 1. The molecule has 3 aromatic rings. The number of thiophene rings is 1. The zero-order valence-corrected chi connectivity index (χ0v) is 14.2. The van der Waals surface area contributed by atoms with Gasteiger partial charge >= 0.3 is 0 Å². The maximum atomic E-state index is 12.6. The smallest absolute Gasteiger partial charge is 0.266 e. The molecule has 0 unspecified atom stereocenters. The molecule has 0 aliphatic heterocycles. The van der Waals surface area contributed by atoms with Crippen LogP contribution in [0.25, 0.3) is 11.1 Å². The van der Waals surface area contributed by atoms with Gasteiger partial charge in [0.05, 0.1) is 10.6 Å². The monoisotopic (exact) mass is 338 g/mol. The summed E-state index contributed by atoms with van der Waals surface area (Å²) < 4.78 is 1.61. The van der Waals surface area contributed by atoms with Crippen LogP contribution in [0.2, 0.25) is 0 Å². The number of aromatic nitrogens is 1. The van der Waals surface area contributed by atoms with Crippen LogP contribution in [-0.4, -0.2) is 10.5 Å². The fourth-order valence-corrected chi connectivity index (χ4v) is 3.35. The molecule has 0 atom stereocenters. The lowest BCUT2D eigenvalue weighted by Crippen LogP contribution is -2.20. The Bertz CT molecular complexity index is 897. The van der Waals surface area contributed by atoms with Gasteiger partial charge in [0.1, 0.15) is 0 Å². The molecule has 1 amide bonds. The zero-order valence-electron chi connectivity index (χ0n) is 13.4. The predicted molar refractivity (Wildman–Crippen MR) is 98.7 cm³/mol. The van der Waals surface area contributed by atoms with Crippen LogP contribution < -0.4 is 10.9 Å². The molecule has 5 heteroatoms. The van der Waals surface area contributed by atoms with Crippen LogP contribution in [0.5, 0.6) is 0 Å². The van der Waals surface area contributed by atoms with Gasteiger partial charge in [-0.3, -0.25) is 9.59 Å². The Labute approximate surface area is 144 Å². The summed E-state index contributed by atoms with van der Waals surface area (Å²) in [5.74, 6) is -0.162. The van der Waals surface area contributed by atoms with Crippen molar-refractivity contribution in [3.63, 3.8) is 0 Å². The number of hydrogen-bond acceptors (Lipinski definition) is 3. The third kappa shape index (κ3) is 3.46. The van der Waals surface area contributed by atoms with Gasteiger partial charge < -0.3 is 9.88 Å². The number of amides is 1. The highest BCUT2D eigenvalue weighted by atomic mass is 32.1. The number of rotatable bonds is 5. The second-order valence-corrected chi connectivity index (χ2v) is 6.35. The Morgan fingerprint density at radius 2 is 1.92 bits per heavy atom. The van der Waals surface area contributed by atoms with Crippen LogP contribution in [0.15, 0.2) is 64.9 Å². The van der Waals surface area contributed by atoms with Crippen LogP contribution in [0, 0.1) is 0 Å². The number of carbonyl (C=O) groups is 1. The molecule has 0 bridgehead atoms. The molecule has 122 valence electrons. The van der Waals surface area contributed by atoms with Gasteiger partial charge in [-0.2, -0.15) is 0 Å². The summed E-state index contributed by atoms with van der Waals surface area (Å²) in [5, 5.41) is 4.80. The van der Waals surface area contributed by atoms with Crippen molar-refractivity contribution in [1.82, 2.24) is 4.57 Å². The molecule has 0 spiro atoms. The minimum atomic E-state index is -0.162. The number of hydrogen-bond donors (Lipinski definition) is 1. The maximum absolute atomic E-state index is 12.6. The van der Waals surface area contributed by atoms with Crippen molar-refractivity contribution < 1.29 is 4.79 Å². The topological polar surface area (TPSA) is 51.1 Å². The molecule has 0 radical (unpaired) electrons. The van der Waals surface area contributed by atoms with Crippen molar-refractivity contribution in [1.29, 1.82) is 0 Å². The van der Waals surface area contributed by atoms with E-state index in [0.29, 0.717) is 17.1 Å². The number of nitrogens with one attached hydrogen (secondary N) is 1. The van der Waals surface area contributed by atoms with Gasteiger partial charge in [-0.25, -0.2) is 0 Å². The lowest BCUT2D eigenvalue weighted by Gasteiger charge is -2.09. The largest absolute Gasteiger partial charge is 0.320 e. The first-order valence-electron chi connectivity index (χ1n) is 7.84. The molecular formula is C19H18N2O2S. The van der Waals surface area contributed by atoms with Crippen molar-refractivity contribution in [2.45, 2.75) is 19.9 Å². The fraction of sp³-hybridized carbons (Fsp3) is 0.158. The minimum absolute atomic E-state index is 0.0593. The number of benzene rings is 1. The molecule has 0 aliphatic carbocycles. The van der Waals surface area contributed by atoms with E-state index in [9.17, 15) is 9.59 Å². The van der Waals surface area contributed by atoms with E-state index in [2.05, 4.69) is 5.32 Å². The standard InChI is InChI=1S/C19H18N2O2S/c1-2-11-21-13-15(8-9-17(21)22)20-19(23)18-16(10-12-24-18)14-6-4-3-5-7-14/h3-10,12-13H,2,11H2,1H3,(H,20,23). The van der Waals surface area contributed by atoms with Gasteiger partial charge in [-0.1, -0.05) is 37.3 Å². The Balaban J connectivity index is 1.85. The van der Waals surface area contributed by atoms with Crippen LogP contribution in [0.1, 0.15) is 23.0 Å². The average molecular weight is 338 g/mol. The molecule has 24 heavy (non-hydrogen) atoms. The van der Waals surface area contributed by atoms with Crippen molar-refractivity contribution in [3.05, 3.63) is 75.3 Å². The highest BCUT2D eigenvalue weighted by Crippen LogP contribution is 2.28. The van der Waals surface area contributed by atoms with E-state index in [0.717, 1.165) is 17.5 Å². The van der Waals surface area contributed by atoms with E-state index < -0.39 is 0 Å². The summed E-state index contributed by atoms with van der Waals surface area (Å²) in [5.41, 5.74) is 2.50. The predicted octanol–water partition coefficient (Wildman–Crippen LogP) is 4.24. The van der Waals surface area contributed by atoms with Crippen molar-refractivity contribution >= 4 is 22.9 Å². The van der Waals surface area contributed by atoms with Gasteiger partial charge in [0, 0.05) is 24.4 Å². The van der Waals surface area contributed by atoms with Crippen LogP contribution in [-0.2, 0) is 6.54 Å². The second kappa shape index (κ2) is 7.27. The first kappa shape index (κ1) is 16.2. The summed E-state index contributed by atoms with van der Waals surface area (Å²) in [4.78, 5) is 25.1. The lowest BCUT2D eigenvalue weighted by molar-refractivity contribution is 0.103. The minimum Gasteiger partial charge on any atom is -0.320 e. The Hall–Kier alpha value is -2.66. The lowest BCUT2D eigenvalue weighted by atomic mass is 10.1. The molecule has 1 N–H and O–H groups in total. The molecule has 0 fully saturated rings. The van der Waals surface area contributed by atoms with Gasteiger partial charge in [-0.05, 0) is 29.5 Å². The number of anilines is 1. The normalized spacial score (nSPS) is 10.5. The Kier molecular flexibility index (Phi) is 4.91. The molecule has 0 saturated heterocycles. The molecule has 4 nitrogen and oxygen atoms in total. The number of carbonyl (C=O) groups excluding carboxylic acids is 1. The average Bonchev–Trinajstić information content (AvgIpc) is 3.09. The number of aryl methyl sites for hydroxylation is 1. The van der Waals surface area contributed by atoms with Gasteiger partial charge in [0.2, 0.25) is 0 Å². The van der Waals surface area contributed by atoms with E-state index in [4.69, 9.17) is 0 Å². The molecule has 2 heterocycles. The van der Waals surface area contributed by atoms with Crippen LogP contribution in [0.4, 0.5) is 5.69 Å². The van der Waals surface area contributed by atoms with Crippen LogP contribution >= 0.6 is 11.3 Å². The zero-order chi connectivity index (χ0) is 16.9. The number of nitrogens with zero attached hydrogens (tertiary/aromatic N) is 1. The summed E-state index contributed by atoms with van der Waals surface area (Å²) in [6.45, 7) is 2.65. The molecular weight excluding hydrogens is 320 g/mol. The quantitative estimate of drug-likeness (QED) is 0.756. The van der Waals surface area contributed by atoms with E-state index in [1.807, 2.05) is 48.7 Å². The van der Waals surface area contributed by atoms with Gasteiger partial charge in [-0.15, -0.1) is 11.3 Å². The fourth-order valence-electron chi connectivity index (χ4n) is 2.54. The summed E-state index contributed by atoms with van der Waals surface area (Å²) in [6.07, 6.45) is 2.56. The summed E-state index contributed by atoms with van der Waals surface area (Å²) in [6, 6.07) is 14.9. The van der Waals surface area contributed by atoms with E-state index >= 15 is 0 Å². The SMILES string of the molecule is CCCn1cc(NC(=O)c2sccc2-c2ccccc2)ccc1=O. The Morgan fingerprint density at radius 3 is 2.67 bits per heavy atom. The summed E-state index contributed by atoms with van der Waals surface area (Å²) >= 11 is 1.41. The third-order valence-corrected chi connectivity index (χ3v) is 4.58. The van der Waals surface area contributed by atoms with Gasteiger partial charge in [0.15, 0.2) is 0 Å². The molecule has 0 saturated carbocycles. The molecule has 3 rings (SSSR count). The van der Waals surface area contributed by atoms with Gasteiger partial charge in [0.25, 0.3) is 11.5 Å². The first-order valence-corrected chi connectivity index (χ1v) is 8.71. The molecule has 2 aromatic heterocycles. The van der Waals surface area contributed by atoms with Crippen molar-refractivity contribution in [2.75, 3.05) is 5.32 Å². The van der Waals surface area contributed by atoms with E-state index in [-0.39, 0.29) is 11.5 Å². The third-order valence-electron chi connectivity index (χ3n) is 3.66. The first-order chi connectivity index (χ1) is 11.7.